The molecule has 0 aliphatic heterocycles. The van der Waals surface area contributed by atoms with E-state index in [1.165, 1.54) is 19.3 Å². The Kier molecular flexibility index (Phi) is 1.07. The number of rotatable bonds is 0. The molecule has 2 saturated carbocycles. The molecule has 0 saturated heterocycles. The fourth-order valence-electron chi connectivity index (χ4n) is 2.80. The number of hydrogen-bond acceptors (Lipinski definition) is 0. The van der Waals surface area contributed by atoms with E-state index in [0.717, 1.165) is 5.92 Å². The summed E-state index contributed by atoms with van der Waals surface area (Å²) in [6.45, 7) is 7.31. The van der Waals surface area contributed by atoms with E-state index < -0.39 is 0 Å². The summed E-state index contributed by atoms with van der Waals surface area (Å²) in [7, 11) is 0. The van der Waals surface area contributed by atoms with Crippen molar-refractivity contribution >= 4 is 0 Å². The van der Waals surface area contributed by atoms with Crippen molar-refractivity contribution in [1.82, 2.24) is 0 Å². The molecule has 2 atom stereocenters. The average Bonchev–Trinajstić information content (AvgIpc) is 2.18. The van der Waals surface area contributed by atoms with Crippen LogP contribution in [0.3, 0.4) is 0 Å². The third-order valence-electron chi connectivity index (χ3n) is 4.36. The first-order chi connectivity index (χ1) is 4.56. The summed E-state index contributed by atoms with van der Waals surface area (Å²) in [5.74, 6) is 0.998. The molecule has 57 valence electrons. The average molecular weight is 137 g/mol. The molecule has 0 nitrogen and oxygen atoms in total. The Morgan fingerprint density at radius 2 is 2.00 bits per heavy atom. The van der Waals surface area contributed by atoms with Crippen molar-refractivity contribution in [2.75, 3.05) is 0 Å². The van der Waals surface area contributed by atoms with E-state index in [4.69, 9.17) is 0 Å². The molecule has 2 bridgehead atoms. The van der Waals surface area contributed by atoms with Crippen LogP contribution >= 0.6 is 0 Å². The fraction of sp³-hybridized carbons (Fsp3) is 0.900. The summed E-state index contributed by atoms with van der Waals surface area (Å²) in [6.07, 6.45) is 6.84. The maximum atomic E-state index is 2.56. The van der Waals surface area contributed by atoms with Gasteiger partial charge in [-0.05, 0) is 42.4 Å². The van der Waals surface area contributed by atoms with Crippen LogP contribution in [0.1, 0.15) is 40.0 Å². The summed E-state index contributed by atoms with van der Waals surface area (Å²) in [5.41, 5.74) is 1.19. The van der Waals surface area contributed by atoms with E-state index in [1.54, 1.807) is 0 Å². The Balaban J connectivity index is 2.37. The van der Waals surface area contributed by atoms with Crippen molar-refractivity contribution in [3.8, 4) is 0 Å². The highest BCUT2D eigenvalue weighted by Gasteiger charge is 2.55. The highest BCUT2D eigenvalue weighted by Crippen LogP contribution is 2.64. The third kappa shape index (κ3) is 0.538. The lowest BCUT2D eigenvalue weighted by atomic mass is 9.71. The second-order valence-electron chi connectivity index (χ2n) is 4.81. The van der Waals surface area contributed by atoms with Gasteiger partial charge in [0, 0.05) is 0 Å². The molecule has 2 aliphatic carbocycles. The van der Waals surface area contributed by atoms with E-state index in [1.807, 2.05) is 0 Å². The molecule has 0 N–H and O–H groups in total. The summed E-state index contributed by atoms with van der Waals surface area (Å²) < 4.78 is 0. The van der Waals surface area contributed by atoms with Crippen LogP contribution in [-0.4, -0.2) is 0 Å². The molecule has 1 radical (unpaired) electrons. The largest absolute Gasteiger partial charge is 0.0591 e. The van der Waals surface area contributed by atoms with Crippen molar-refractivity contribution in [1.29, 1.82) is 0 Å². The minimum Gasteiger partial charge on any atom is -0.0591 e. The van der Waals surface area contributed by atoms with Crippen LogP contribution < -0.4 is 0 Å². The highest BCUT2D eigenvalue weighted by atomic mass is 14.6. The SMILES string of the molecule is CC1(C)C2C[CH][C@]1(C)CC2. The monoisotopic (exact) mass is 137 g/mol. The van der Waals surface area contributed by atoms with E-state index in [2.05, 4.69) is 27.2 Å². The molecule has 10 heavy (non-hydrogen) atoms. The molecule has 2 fully saturated rings. The Labute approximate surface area is 64.0 Å². The maximum absolute atomic E-state index is 2.56. The molecule has 0 heteroatoms. The topological polar surface area (TPSA) is 0 Å². The van der Waals surface area contributed by atoms with Gasteiger partial charge in [-0.15, -0.1) is 0 Å². The smallest absolute Gasteiger partial charge is 0.0241 e. The van der Waals surface area contributed by atoms with Gasteiger partial charge in [0.25, 0.3) is 0 Å². The third-order valence-corrected chi connectivity index (χ3v) is 4.36. The molecular formula is C10H17. The van der Waals surface area contributed by atoms with Gasteiger partial charge < -0.3 is 0 Å². The normalized spacial score (nSPS) is 50.1. The van der Waals surface area contributed by atoms with E-state index in [9.17, 15) is 0 Å². The van der Waals surface area contributed by atoms with E-state index in [0.29, 0.717) is 10.8 Å². The lowest BCUT2D eigenvalue weighted by Crippen LogP contribution is -2.26. The molecule has 1 unspecified atom stereocenters. The maximum Gasteiger partial charge on any atom is -0.0241 e. The molecule has 0 aromatic heterocycles. The Morgan fingerprint density at radius 3 is 2.10 bits per heavy atom. The fourth-order valence-corrected chi connectivity index (χ4v) is 2.80. The Morgan fingerprint density at radius 1 is 1.30 bits per heavy atom. The molecule has 0 aromatic carbocycles. The van der Waals surface area contributed by atoms with Crippen LogP contribution in [0.25, 0.3) is 0 Å². The predicted octanol–water partition coefficient (Wildman–Crippen LogP) is 3.04. The molecule has 0 amide bonds. The zero-order chi connectivity index (χ0) is 7.41. The minimum atomic E-state index is 0.581. The number of fused-ring (bicyclic) bond motifs is 2. The summed E-state index contributed by atoms with van der Waals surface area (Å²) in [5, 5.41) is 0. The van der Waals surface area contributed by atoms with E-state index >= 15 is 0 Å². The van der Waals surface area contributed by atoms with Gasteiger partial charge in [0.2, 0.25) is 0 Å². The first-order valence-corrected chi connectivity index (χ1v) is 4.41. The minimum absolute atomic E-state index is 0.581. The first-order valence-electron chi connectivity index (χ1n) is 4.41. The van der Waals surface area contributed by atoms with Crippen LogP contribution in [0.15, 0.2) is 0 Å². The van der Waals surface area contributed by atoms with Gasteiger partial charge in [0.15, 0.2) is 0 Å². The molecule has 2 aliphatic rings. The van der Waals surface area contributed by atoms with Crippen LogP contribution in [0.2, 0.25) is 0 Å². The molecule has 0 spiro atoms. The lowest BCUT2D eigenvalue weighted by Gasteiger charge is -2.34. The molecular weight excluding hydrogens is 120 g/mol. The van der Waals surface area contributed by atoms with Crippen LogP contribution in [0.5, 0.6) is 0 Å². The van der Waals surface area contributed by atoms with Crippen molar-refractivity contribution < 1.29 is 0 Å². The second-order valence-corrected chi connectivity index (χ2v) is 4.81. The van der Waals surface area contributed by atoms with Crippen molar-refractivity contribution in [3.05, 3.63) is 6.42 Å². The molecule has 0 aromatic rings. The van der Waals surface area contributed by atoms with Gasteiger partial charge in [-0.2, -0.15) is 0 Å². The van der Waals surface area contributed by atoms with Crippen LogP contribution in [0.4, 0.5) is 0 Å². The van der Waals surface area contributed by atoms with Gasteiger partial charge in [0.05, 0.1) is 0 Å². The predicted molar refractivity (Wildman–Crippen MR) is 43.5 cm³/mol. The molecule has 2 rings (SSSR count). The van der Waals surface area contributed by atoms with Gasteiger partial charge in [0.1, 0.15) is 0 Å². The van der Waals surface area contributed by atoms with E-state index in [-0.39, 0.29) is 0 Å². The first kappa shape index (κ1) is 6.69. The van der Waals surface area contributed by atoms with Gasteiger partial charge >= 0.3 is 0 Å². The molecule has 0 heterocycles. The standard InChI is InChI=1S/C10H17/c1-9(2)8-4-6-10(9,3)7-5-8/h6,8H,4-5,7H2,1-3H3/t8?,10-/m1/s1. The zero-order valence-corrected chi connectivity index (χ0v) is 7.28. The van der Waals surface area contributed by atoms with Crippen molar-refractivity contribution in [2.45, 2.75) is 40.0 Å². The van der Waals surface area contributed by atoms with Crippen LogP contribution in [0, 0.1) is 23.2 Å². The van der Waals surface area contributed by atoms with Crippen LogP contribution in [-0.2, 0) is 0 Å². The van der Waals surface area contributed by atoms with Gasteiger partial charge in [-0.1, -0.05) is 20.8 Å². The highest BCUT2D eigenvalue weighted by molar-refractivity contribution is 5.14. The van der Waals surface area contributed by atoms with Gasteiger partial charge in [-0.3, -0.25) is 0 Å². The Bertz CT molecular complexity index is 145. The summed E-state index contributed by atoms with van der Waals surface area (Å²) in [6, 6.07) is 0. The van der Waals surface area contributed by atoms with Crippen molar-refractivity contribution in [2.24, 2.45) is 16.7 Å². The Hall–Kier alpha value is 0. The van der Waals surface area contributed by atoms with Gasteiger partial charge in [-0.25, -0.2) is 0 Å². The quantitative estimate of drug-likeness (QED) is 0.481. The second kappa shape index (κ2) is 1.60. The lowest BCUT2D eigenvalue weighted by molar-refractivity contribution is 0.177. The number of hydrogen-bond donors (Lipinski definition) is 0. The zero-order valence-electron chi connectivity index (χ0n) is 7.28. The van der Waals surface area contributed by atoms with Crippen molar-refractivity contribution in [3.63, 3.8) is 0 Å². The summed E-state index contributed by atoms with van der Waals surface area (Å²) >= 11 is 0. The summed E-state index contributed by atoms with van der Waals surface area (Å²) in [4.78, 5) is 0.